The van der Waals surface area contributed by atoms with Crippen molar-refractivity contribution in [2.75, 3.05) is 19.7 Å². The number of hydrogen-bond donors (Lipinski definition) is 2. The fraction of sp³-hybridized carbons (Fsp3) is 0.409. The Morgan fingerprint density at radius 1 is 1.07 bits per heavy atom. The third-order valence-electron chi connectivity index (χ3n) is 5.71. The van der Waals surface area contributed by atoms with Crippen molar-refractivity contribution in [3.05, 3.63) is 70.1 Å². The van der Waals surface area contributed by atoms with Gasteiger partial charge >= 0.3 is 0 Å². The van der Waals surface area contributed by atoms with Crippen LogP contribution in [0.4, 0.5) is 0 Å². The third kappa shape index (κ3) is 4.56. The lowest BCUT2D eigenvalue weighted by atomic mass is 9.90. The lowest BCUT2D eigenvalue weighted by Gasteiger charge is -2.38. The van der Waals surface area contributed by atoms with Crippen LogP contribution in [0.3, 0.4) is 0 Å². The standard InChI is InChI=1S/C22H25N3O4/c26-18-7-6-16(13-23-18)12-15-8-10-25(11-9-15)22(28)21-20(24-19(27)14-29-21)17-4-2-1-3-5-17/h1-7,13,15,20-21H,8-12,14H2,(H,23,26)(H,24,27)/t20-,21+/m1/s1. The largest absolute Gasteiger partial charge is 0.356 e. The molecule has 2 aliphatic heterocycles. The maximum Gasteiger partial charge on any atom is 0.254 e. The quantitative estimate of drug-likeness (QED) is 0.819. The van der Waals surface area contributed by atoms with Gasteiger partial charge in [0.2, 0.25) is 11.5 Å². The van der Waals surface area contributed by atoms with Crippen molar-refractivity contribution in [2.45, 2.75) is 31.4 Å². The van der Waals surface area contributed by atoms with Crippen molar-refractivity contribution in [1.82, 2.24) is 15.2 Å². The Morgan fingerprint density at radius 3 is 2.52 bits per heavy atom. The Kier molecular flexibility index (Phi) is 5.76. The second-order valence-electron chi connectivity index (χ2n) is 7.72. The summed E-state index contributed by atoms with van der Waals surface area (Å²) in [6, 6.07) is 12.4. The Labute approximate surface area is 169 Å². The van der Waals surface area contributed by atoms with E-state index in [0.29, 0.717) is 19.0 Å². The van der Waals surface area contributed by atoms with Gasteiger partial charge in [-0.1, -0.05) is 36.4 Å². The summed E-state index contributed by atoms with van der Waals surface area (Å²) in [5.74, 6) is 0.200. The molecule has 0 bridgehead atoms. The molecule has 0 spiro atoms. The summed E-state index contributed by atoms with van der Waals surface area (Å²) in [5.41, 5.74) is 1.88. The van der Waals surface area contributed by atoms with Crippen molar-refractivity contribution < 1.29 is 14.3 Å². The van der Waals surface area contributed by atoms with E-state index in [4.69, 9.17) is 4.74 Å². The van der Waals surface area contributed by atoms with Crippen molar-refractivity contribution in [1.29, 1.82) is 0 Å². The molecule has 1 aromatic carbocycles. The van der Waals surface area contributed by atoms with E-state index >= 15 is 0 Å². The highest BCUT2D eigenvalue weighted by Gasteiger charge is 2.39. The molecule has 2 atom stereocenters. The van der Waals surface area contributed by atoms with Crippen LogP contribution in [0.2, 0.25) is 0 Å². The highest BCUT2D eigenvalue weighted by molar-refractivity contribution is 5.86. The highest BCUT2D eigenvalue weighted by Crippen LogP contribution is 2.27. The van der Waals surface area contributed by atoms with Gasteiger partial charge in [0.25, 0.3) is 5.91 Å². The van der Waals surface area contributed by atoms with Gasteiger partial charge in [-0.3, -0.25) is 14.4 Å². The summed E-state index contributed by atoms with van der Waals surface area (Å²) < 4.78 is 5.67. The van der Waals surface area contributed by atoms with Gasteiger partial charge in [0, 0.05) is 25.4 Å². The normalized spacial score (nSPS) is 22.9. The van der Waals surface area contributed by atoms with Crippen LogP contribution < -0.4 is 10.9 Å². The second-order valence-corrected chi connectivity index (χ2v) is 7.72. The molecule has 0 radical (unpaired) electrons. The van der Waals surface area contributed by atoms with Gasteiger partial charge in [-0.2, -0.15) is 0 Å². The molecular weight excluding hydrogens is 370 g/mol. The molecule has 4 rings (SSSR count). The number of ether oxygens (including phenoxy) is 1. The number of aromatic amines is 1. The van der Waals surface area contributed by atoms with Gasteiger partial charge in [0.05, 0.1) is 6.04 Å². The maximum atomic E-state index is 13.2. The van der Waals surface area contributed by atoms with Crippen LogP contribution in [-0.4, -0.2) is 47.5 Å². The number of pyridine rings is 1. The van der Waals surface area contributed by atoms with Crippen LogP contribution >= 0.6 is 0 Å². The lowest BCUT2D eigenvalue weighted by molar-refractivity contribution is -0.156. The van der Waals surface area contributed by atoms with E-state index in [1.807, 2.05) is 41.3 Å². The number of nitrogens with one attached hydrogen (secondary N) is 2. The molecule has 2 amide bonds. The number of amides is 2. The van der Waals surface area contributed by atoms with E-state index in [1.165, 1.54) is 0 Å². The fourth-order valence-electron chi connectivity index (χ4n) is 4.13. The molecule has 3 heterocycles. The SMILES string of the molecule is O=C1CO[C@H](C(=O)N2CCC(Cc3ccc(=O)[nH]c3)CC2)[C@@H](c2ccccc2)N1. The number of likely N-dealkylation sites (tertiary alicyclic amines) is 1. The molecule has 7 nitrogen and oxygen atoms in total. The zero-order chi connectivity index (χ0) is 20.2. The van der Waals surface area contributed by atoms with Crippen LogP contribution in [-0.2, 0) is 20.7 Å². The van der Waals surface area contributed by atoms with Gasteiger partial charge in [-0.05, 0) is 36.3 Å². The summed E-state index contributed by atoms with van der Waals surface area (Å²) >= 11 is 0. The van der Waals surface area contributed by atoms with Crippen LogP contribution in [0.25, 0.3) is 0 Å². The zero-order valence-corrected chi connectivity index (χ0v) is 16.2. The van der Waals surface area contributed by atoms with E-state index in [1.54, 1.807) is 12.3 Å². The molecule has 152 valence electrons. The van der Waals surface area contributed by atoms with Crippen molar-refractivity contribution in [3.8, 4) is 0 Å². The van der Waals surface area contributed by atoms with Crippen LogP contribution in [0.15, 0.2) is 53.5 Å². The van der Waals surface area contributed by atoms with Gasteiger partial charge in [-0.25, -0.2) is 0 Å². The van der Waals surface area contributed by atoms with E-state index < -0.39 is 12.1 Å². The molecule has 29 heavy (non-hydrogen) atoms. The Balaban J connectivity index is 1.38. The molecule has 0 saturated carbocycles. The predicted molar refractivity (Wildman–Crippen MR) is 107 cm³/mol. The first-order valence-corrected chi connectivity index (χ1v) is 10.0. The van der Waals surface area contributed by atoms with Crippen molar-refractivity contribution in [2.24, 2.45) is 5.92 Å². The molecule has 2 aromatic rings. The summed E-state index contributed by atoms with van der Waals surface area (Å²) in [7, 11) is 0. The number of hydrogen-bond acceptors (Lipinski definition) is 4. The lowest BCUT2D eigenvalue weighted by Crippen LogP contribution is -2.54. The molecule has 2 N–H and O–H groups in total. The maximum absolute atomic E-state index is 13.2. The molecule has 1 aromatic heterocycles. The minimum Gasteiger partial charge on any atom is -0.356 e. The van der Waals surface area contributed by atoms with Crippen molar-refractivity contribution in [3.63, 3.8) is 0 Å². The zero-order valence-electron chi connectivity index (χ0n) is 16.2. The number of H-pyrrole nitrogens is 1. The second kappa shape index (κ2) is 8.61. The first kappa shape index (κ1) is 19.4. The monoisotopic (exact) mass is 395 g/mol. The molecule has 2 aliphatic rings. The van der Waals surface area contributed by atoms with E-state index in [9.17, 15) is 14.4 Å². The first-order chi connectivity index (χ1) is 14.1. The van der Waals surface area contributed by atoms with E-state index in [0.717, 1.165) is 30.4 Å². The predicted octanol–water partition coefficient (Wildman–Crippen LogP) is 1.41. The van der Waals surface area contributed by atoms with Crippen LogP contribution in [0.1, 0.15) is 30.0 Å². The first-order valence-electron chi connectivity index (χ1n) is 10.0. The minimum atomic E-state index is -0.703. The Hall–Kier alpha value is -2.93. The fourth-order valence-corrected chi connectivity index (χ4v) is 4.13. The summed E-state index contributed by atoms with van der Waals surface area (Å²) in [4.78, 5) is 40.8. The molecular formula is C22H25N3O4. The van der Waals surface area contributed by atoms with Crippen LogP contribution in [0.5, 0.6) is 0 Å². The number of benzene rings is 1. The molecule has 7 heteroatoms. The Bertz CT molecular complexity index is 899. The molecule has 0 aliphatic carbocycles. The van der Waals surface area contributed by atoms with Crippen LogP contribution in [0, 0.1) is 5.92 Å². The number of rotatable bonds is 4. The minimum absolute atomic E-state index is 0.0682. The summed E-state index contributed by atoms with van der Waals surface area (Å²) in [5, 5.41) is 2.91. The van der Waals surface area contributed by atoms with Gasteiger partial charge < -0.3 is 19.9 Å². The van der Waals surface area contributed by atoms with Gasteiger partial charge in [0.1, 0.15) is 6.61 Å². The number of aromatic nitrogens is 1. The molecule has 2 fully saturated rings. The van der Waals surface area contributed by atoms with E-state index in [-0.39, 0.29) is 24.0 Å². The number of carbonyl (C=O) groups is 2. The van der Waals surface area contributed by atoms with Crippen molar-refractivity contribution >= 4 is 11.8 Å². The molecule has 2 saturated heterocycles. The molecule has 0 unspecified atom stereocenters. The average Bonchev–Trinajstić information content (AvgIpc) is 2.76. The summed E-state index contributed by atoms with van der Waals surface area (Å²) in [6.07, 6.45) is 3.76. The summed E-state index contributed by atoms with van der Waals surface area (Å²) in [6.45, 7) is 1.24. The third-order valence-corrected chi connectivity index (χ3v) is 5.71. The topological polar surface area (TPSA) is 91.5 Å². The number of carbonyl (C=O) groups excluding carboxylic acids is 2. The highest BCUT2D eigenvalue weighted by atomic mass is 16.5. The van der Waals surface area contributed by atoms with E-state index in [2.05, 4.69) is 10.3 Å². The number of nitrogens with zero attached hydrogens (tertiary/aromatic N) is 1. The number of morpholine rings is 1. The van der Waals surface area contributed by atoms with Gasteiger partial charge in [-0.15, -0.1) is 0 Å². The average molecular weight is 395 g/mol. The van der Waals surface area contributed by atoms with Gasteiger partial charge in [0.15, 0.2) is 6.10 Å². The smallest absolute Gasteiger partial charge is 0.254 e. The number of piperidine rings is 1. The Morgan fingerprint density at radius 2 is 1.83 bits per heavy atom.